The number of nitrogens with zero attached hydrogens (tertiary/aromatic N) is 8. The number of para-hydroxylation sites is 5. The van der Waals surface area contributed by atoms with Crippen molar-refractivity contribution in [3.05, 3.63) is 277 Å². The summed E-state index contributed by atoms with van der Waals surface area (Å²) in [6, 6.07) is 90.0. The van der Waals surface area contributed by atoms with Gasteiger partial charge in [0.25, 0.3) is 0 Å². The molecule has 0 aliphatic rings. The number of fused-ring (bicyclic) bond motifs is 14. The van der Waals surface area contributed by atoms with Gasteiger partial charge in [0.1, 0.15) is 22.3 Å². The number of aromatic nitrogens is 5. The van der Waals surface area contributed by atoms with Gasteiger partial charge >= 0.3 is 0 Å². The highest BCUT2D eigenvalue weighted by atomic mass is 16.3. The summed E-state index contributed by atoms with van der Waals surface area (Å²) in [4.78, 5) is 20.7. The van der Waals surface area contributed by atoms with Crippen molar-refractivity contribution in [2.45, 2.75) is 0 Å². The maximum Gasteiger partial charge on any atom is 0.194 e. The quantitative estimate of drug-likeness (QED) is 0.139. The summed E-state index contributed by atoms with van der Waals surface area (Å²) in [5, 5.41) is 28.4. The number of rotatable bonds is 8. The van der Waals surface area contributed by atoms with Crippen molar-refractivity contribution in [1.29, 1.82) is 10.5 Å². The molecule has 0 saturated heterocycles. The summed E-state index contributed by atoms with van der Waals surface area (Å²) in [7, 11) is 0. The van der Waals surface area contributed by atoms with E-state index < -0.39 is 0 Å². The molecule has 0 amide bonds. The average molecular weight is 1120 g/mol. The van der Waals surface area contributed by atoms with Crippen LogP contribution in [0.5, 0.6) is 0 Å². The predicted octanol–water partition coefficient (Wildman–Crippen LogP) is 20.2. The lowest BCUT2D eigenvalue weighted by Crippen LogP contribution is -2.06. The van der Waals surface area contributed by atoms with Gasteiger partial charge in [0, 0.05) is 49.0 Å². The monoisotopic (exact) mass is 1120 g/mol. The van der Waals surface area contributed by atoms with Crippen LogP contribution in [0.1, 0.15) is 11.1 Å². The van der Waals surface area contributed by atoms with Gasteiger partial charge < -0.3 is 18.0 Å². The van der Waals surface area contributed by atoms with Crippen molar-refractivity contribution < 1.29 is 8.83 Å². The largest absolute Gasteiger partial charge is 0.455 e. The minimum atomic E-state index is 0.399. The summed E-state index contributed by atoms with van der Waals surface area (Å²) in [6.45, 7) is 8.28. The van der Waals surface area contributed by atoms with Crippen LogP contribution < -0.4 is 0 Å². The normalized spacial score (nSPS) is 11.6. The zero-order chi connectivity index (χ0) is 58.6. The van der Waals surface area contributed by atoms with E-state index in [1.165, 1.54) is 0 Å². The van der Waals surface area contributed by atoms with E-state index in [9.17, 15) is 10.5 Å². The molecule has 0 N–H and O–H groups in total. The molecule has 0 saturated carbocycles. The summed E-state index contributed by atoms with van der Waals surface area (Å²) >= 11 is 0. The first-order valence-corrected chi connectivity index (χ1v) is 28.8. The Hall–Kier alpha value is -12.7. The van der Waals surface area contributed by atoms with Crippen LogP contribution in [-0.4, -0.2) is 24.1 Å². The van der Waals surface area contributed by atoms with Crippen LogP contribution in [0.25, 0.3) is 171 Å². The first-order valence-electron chi connectivity index (χ1n) is 28.8. The fourth-order valence-electron chi connectivity index (χ4n) is 13.1. The molecule has 5 heterocycles. The lowest BCUT2D eigenvalue weighted by molar-refractivity contribution is 0.672. The molecule has 10 nitrogen and oxygen atoms in total. The Morgan fingerprint density at radius 2 is 0.841 bits per heavy atom. The number of benzene rings is 12. The molecular weight excluding hydrogens is 1080 g/mol. The SMILES string of the molecule is [C-]#[N+]c1ccccc1-c1ccc(-c2nc(-c3ccc(-c4cccc(C#N)c4)cc3)nc(-c3ccc(-c4ccccc4C#N)cc3-n3c4ccccc4c4c5oc6ccccc6c5ccc43)n2)c(-n2c3ccccc3c3c4oc5ccccc5c4ccc32)c1. The Bertz CT molecular complexity index is 5630. The highest BCUT2D eigenvalue weighted by Crippen LogP contribution is 2.46. The van der Waals surface area contributed by atoms with Crippen molar-refractivity contribution in [3.63, 3.8) is 0 Å². The zero-order valence-electron chi connectivity index (χ0n) is 46.6. The Kier molecular flexibility index (Phi) is 11.2. The minimum Gasteiger partial charge on any atom is -0.455 e. The van der Waals surface area contributed by atoms with E-state index in [0.29, 0.717) is 45.4 Å². The molecule has 12 aromatic carbocycles. The molecule has 0 spiro atoms. The molecule has 0 radical (unpaired) electrons. The molecule has 10 heteroatoms. The van der Waals surface area contributed by atoms with E-state index in [0.717, 1.165) is 138 Å². The van der Waals surface area contributed by atoms with E-state index >= 15 is 0 Å². The number of furan rings is 2. The Labute approximate surface area is 502 Å². The van der Waals surface area contributed by atoms with Crippen LogP contribution in [0.15, 0.2) is 264 Å². The third kappa shape index (κ3) is 7.69. The molecule has 88 heavy (non-hydrogen) atoms. The van der Waals surface area contributed by atoms with Crippen LogP contribution >= 0.6 is 0 Å². The maximum absolute atomic E-state index is 10.6. The topological polar surface area (TPSA) is 127 Å². The maximum atomic E-state index is 10.6. The molecule has 17 rings (SSSR count). The fourth-order valence-corrected chi connectivity index (χ4v) is 13.1. The van der Waals surface area contributed by atoms with Gasteiger partial charge in [-0.3, -0.25) is 0 Å². The molecule has 0 fully saturated rings. The van der Waals surface area contributed by atoms with Gasteiger partial charge in [-0.05, 0) is 124 Å². The van der Waals surface area contributed by atoms with Gasteiger partial charge in [0.15, 0.2) is 23.2 Å². The molecule has 0 aliphatic heterocycles. The number of nitriles is 2. The highest BCUT2D eigenvalue weighted by molar-refractivity contribution is 6.25. The van der Waals surface area contributed by atoms with E-state index in [2.05, 4.69) is 135 Å². The number of hydrogen-bond donors (Lipinski definition) is 0. The van der Waals surface area contributed by atoms with Crippen molar-refractivity contribution >= 4 is 93.2 Å². The third-order valence-corrected chi connectivity index (χ3v) is 17.1. The highest BCUT2D eigenvalue weighted by Gasteiger charge is 2.27. The van der Waals surface area contributed by atoms with Crippen molar-refractivity contribution in [2.24, 2.45) is 0 Å². The van der Waals surface area contributed by atoms with Gasteiger partial charge in [-0.25, -0.2) is 19.8 Å². The molecule has 17 aromatic rings. The molecule has 0 aliphatic carbocycles. The summed E-state index contributed by atoms with van der Waals surface area (Å²) in [5.41, 5.74) is 17.3. The standard InChI is InChI=1S/C78H42N8O2/c1-81-63-24-9-4-19-54(63)51-34-36-62(69(43-51)86-65-26-11-6-23-60(65)73-67(86)40-38-58-56-21-8-13-28-71(56)88-75(58)73)78-83-76(48-31-29-47(30-32-48)49-17-14-15-46(41-49)44-79)82-77(84-78)61-35-33-50(53-18-3-2-16-52(53)45-80)42-68(61)85-64-25-10-5-22-59(64)72-66(85)39-37-57-55-20-7-12-27-70(55)87-74(57)72/h2-43H. The van der Waals surface area contributed by atoms with Crippen molar-refractivity contribution in [2.75, 3.05) is 0 Å². The molecule has 0 unspecified atom stereocenters. The smallest absolute Gasteiger partial charge is 0.194 e. The summed E-state index contributed by atoms with van der Waals surface area (Å²) in [5.74, 6) is 1.22. The predicted molar refractivity (Wildman–Crippen MR) is 351 cm³/mol. The number of hydrogen-bond acceptors (Lipinski definition) is 7. The van der Waals surface area contributed by atoms with Crippen LogP contribution in [0, 0.1) is 29.2 Å². The van der Waals surface area contributed by atoms with Crippen LogP contribution in [0.3, 0.4) is 0 Å². The van der Waals surface area contributed by atoms with E-state index in [1.54, 1.807) is 6.07 Å². The summed E-state index contributed by atoms with van der Waals surface area (Å²) in [6.07, 6.45) is 0. The minimum absolute atomic E-state index is 0.399. The van der Waals surface area contributed by atoms with Crippen LogP contribution in [0.4, 0.5) is 5.69 Å². The zero-order valence-corrected chi connectivity index (χ0v) is 46.6. The van der Waals surface area contributed by atoms with Gasteiger partial charge in [-0.15, -0.1) is 0 Å². The summed E-state index contributed by atoms with van der Waals surface area (Å²) < 4.78 is 18.1. The molecule has 0 atom stereocenters. The second kappa shape index (κ2) is 19.7. The molecule has 5 aromatic heterocycles. The Morgan fingerprint density at radius 3 is 1.42 bits per heavy atom. The Morgan fingerprint density at radius 1 is 0.352 bits per heavy atom. The van der Waals surface area contributed by atoms with Crippen molar-refractivity contribution in [3.8, 4) is 91.1 Å². The van der Waals surface area contributed by atoms with E-state index in [1.807, 2.05) is 140 Å². The Balaban J connectivity index is 0.969. The van der Waals surface area contributed by atoms with E-state index in [-0.39, 0.29) is 0 Å². The second-order valence-electron chi connectivity index (χ2n) is 21.9. The first-order chi connectivity index (χ1) is 43.5. The van der Waals surface area contributed by atoms with Gasteiger partial charge in [0.2, 0.25) is 0 Å². The van der Waals surface area contributed by atoms with Crippen LogP contribution in [0.2, 0.25) is 0 Å². The third-order valence-electron chi connectivity index (χ3n) is 17.1. The van der Waals surface area contributed by atoms with Crippen molar-refractivity contribution in [1.82, 2.24) is 24.1 Å². The molecule has 0 bridgehead atoms. The first kappa shape index (κ1) is 49.9. The van der Waals surface area contributed by atoms with Gasteiger partial charge in [-0.1, -0.05) is 164 Å². The van der Waals surface area contributed by atoms with E-state index in [4.69, 9.17) is 30.4 Å². The molecular formula is C78H42N8O2. The van der Waals surface area contributed by atoms with Crippen LogP contribution in [-0.2, 0) is 0 Å². The van der Waals surface area contributed by atoms with Gasteiger partial charge in [-0.2, -0.15) is 10.5 Å². The average Bonchev–Trinajstić information content (AvgIpc) is 1.74. The molecule has 406 valence electrons. The second-order valence-corrected chi connectivity index (χ2v) is 21.9. The lowest BCUT2D eigenvalue weighted by Gasteiger charge is -2.18. The lowest BCUT2D eigenvalue weighted by atomic mass is 9.97. The fraction of sp³-hybridized carbons (Fsp3) is 0. The van der Waals surface area contributed by atoms with Gasteiger partial charge in [0.05, 0.1) is 74.1 Å².